The van der Waals surface area contributed by atoms with Crippen LogP contribution in [0.3, 0.4) is 0 Å². The van der Waals surface area contributed by atoms with Gasteiger partial charge >= 0.3 is 12.1 Å². The zero-order chi connectivity index (χ0) is 24.8. The highest BCUT2D eigenvalue weighted by Gasteiger charge is 2.35. The molecule has 1 amide bonds. The second-order valence-electron chi connectivity index (χ2n) is 8.77. The Kier molecular flexibility index (Phi) is 7.84. The molecule has 2 heterocycles. The molecule has 0 aliphatic carbocycles. The molecule has 2 aliphatic rings. The second kappa shape index (κ2) is 11.2. The Labute approximate surface area is 204 Å². The van der Waals surface area contributed by atoms with Gasteiger partial charge in [-0.2, -0.15) is 0 Å². The van der Waals surface area contributed by atoms with Crippen molar-refractivity contribution in [3.8, 4) is 5.75 Å². The van der Waals surface area contributed by atoms with E-state index in [0.717, 1.165) is 31.7 Å². The monoisotopic (exact) mass is 481 g/mol. The largest absolute Gasteiger partial charge is 0.508 e. The average molecular weight is 482 g/mol. The molecule has 186 valence electrons. The van der Waals surface area contributed by atoms with E-state index >= 15 is 0 Å². The van der Waals surface area contributed by atoms with Gasteiger partial charge in [0, 0.05) is 44.8 Å². The van der Waals surface area contributed by atoms with Crippen molar-refractivity contribution in [2.24, 2.45) is 5.73 Å². The van der Waals surface area contributed by atoms with Crippen molar-refractivity contribution in [1.82, 2.24) is 9.80 Å². The molecule has 2 aromatic carbocycles. The van der Waals surface area contributed by atoms with E-state index in [1.807, 2.05) is 30.3 Å². The fraction of sp³-hybridized carbons (Fsp3) is 0.400. The summed E-state index contributed by atoms with van der Waals surface area (Å²) in [5, 5.41) is 17.5. The van der Waals surface area contributed by atoms with Crippen molar-refractivity contribution in [3.05, 3.63) is 59.7 Å². The molecule has 0 radical (unpaired) electrons. The highest BCUT2D eigenvalue weighted by atomic mass is 16.6. The van der Waals surface area contributed by atoms with Crippen LogP contribution in [0.5, 0.6) is 5.75 Å². The Hall–Kier alpha value is -3.63. The lowest BCUT2D eigenvalue weighted by Gasteiger charge is -2.35. The summed E-state index contributed by atoms with van der Waals surface area (Å²) in [5.74, 6) is -0.453. The summed E-state index contributed by atoms with van der Waals surface area (Å²) in [4.78, 5) is 30.5. The Morgan fingerprint density at radius 3 is 2.54 bits per heavy atom. The van der Waals surface area contributed by atoms with Crippen molar-refractivity contribution in [1.29, 1.82) is 5.41 Å². The van der Waals surface area contributed by atoms with Crippen LogP contribution in [0.25, 0.3) is 0 Å². The van der Waals surface area contributed by atoms with Crippen LogP contribution in [-0.2, 0) is 20.9 Å². The number of nitrogens with one attached hydrogen (secondary N) is 1. The molecule has 2 aromatic rings. The SMILES string of the molecule is N=C(N)c1cc(O)ccc1N1C[C@H](CN2CCN(CCC(=O)OCc3ccccc3)CC2)OC1=O. The number of nitrogens with zero attached hydrogens (tertiary/aromatic N) is 3. The minimum absolute atomic E-state index is 0.0228. The first kappa shape index (κ1) is 24.5. The normalized spacial score (nSPS) is 18.9. The predicted molar refractivity (Wildman–Crippen MR) is 130 cm³/mol. The van der Waals surface area contributed by atoms with E-state index in [0.29, 0.717) is 43.9 Å². The van der Waals surface area contributed by atoms with Crippen molar-refractivity contribution in [2.45, 2.75) is 19.1 Å². The molecule has 0 spiro atoms. The highest BCUT2D eigenvalue weighted by molar-refractivity contribution is 6.04. The number of rotatable bonds is 9. The molecule has 35 heavy (non-hydrogen) atoms. The summed E-state index contributed by atoms with van der Waals surface area (Å²) in [6, 6.07) is 14.0. The Bertz CT molecular complexity index is 1060. The van der Waals surface area contributed by atoms with Gasteiger partial charge in [-0.25, -0.2) is 4.79 Å². The van der Waals surface area contributed by atoms with Gasteiger partial charge < -0.3 is 25.2 Å². The summed E-state index contributed by atoms with van der Waals surface area (Å²) in [5.41, 5.74) is 7.35. The molecule has 0 bridgehead atoms. The van der Waals surface area contributed by atoms with E-state index in [9.17, 15) is 14.7 Å². The van der Waals surface area contributed by atoms with E-state index in [-0.39, 0.29) is 23.7 Å². The number of aromatic hydroxyl groups is 1. The quantitative estimate of drug-likeness (QED) is 0.280. The van der Waals surface area contributed by atoms with Crippen molar-refractivity contribution in [2.75, 3.05) is 50.7 Å². The Morgan fingerprint density at radius 2 is 1.83 bits per heavy atom. The zero-order valence-corrected chi connectivity index (χ0v) is 19.6. The van der Waals surface area contributed by atoms with E-state index in [2.05, 4.69) is 9.80 Å². The first-order valence-electron chi connectivity index (χ1n) is 11.7. The summed E-state index contributed by atoms with van der Waals surface area (Å²) >= 11 is 0. The summed E-state index contributed by atoms with van der Waals surface area (Å²) in [6.45, 7) is 5.16. The van der Waals surface area contributed by atoms with Gasteiger partial charge in [-0.15, -0.1) is 0 Å². The predicted octanol–water partition coefficient (Wildman–Crippen LogP) is 1.75. The number of phenols is 1. The molecular weight excluding hydrogens is 450 g/mol. The number of cyclic esters (lactones) is 1. The second-order valence-corrected chi connectivity index (χ2v) is 8.77. The number of hydrogen-bond acceptors (Lipinski definition) is 8. The molecule has 10 heteroatoms. The van der Waals surface area contributed by atoms with Gasteiger partial charge in [0.1, 0.15) is 24.3 Å². The standard InChI is InChI=1S/C25H31N5O5/c26-24(27)21-14-19(31)6-7-22(21)30-16-20(35-25(30)33)15-29-12-10-28(11-13-29)9-8-23(32)34-17-18-4-2-1-3-5-18/h1-7,14,20,31H,8-13,15-17H2,(H3,26,27)/t20-/m0/s1. The fourth-order valence-electron chi connectivity index (χ4n) is 4.33. The molecule has 10 nitrogen and oxygen atoms in total. The molecule has 0 unspecified atom stereocenters. The number of carbonyl (C=O) groups is 2. The molecule has 4 N–H and O–H groups in total. The van der Waals surface area contributed by atoms with Gasteiger partial charge in [-0.3, -0.25) is 20.0 Å². The number of anilines is 1. The molecule has 2 aliphatic heterocycles. The smallest absolute Gasteiger partial charge is 0.414 e. The maximum Gasteiger partial charge on any atom is 0.414 e. The first-order chi connectivity index (χ1) is 16.9. The molecule has 2 saturated heterocycles. The van der Waals surface area contributed by atoms with E-state index < -0.39 is 6.09 Å². The van der Waals surface area contributed by atoms with Gasteiger partial charge in [0.25, 0.3) is 0 Å². The van der Waals surface area contributed by atoms with E-state index in [1.54, 1.807) is 6.07 Å². The third-order valence-corrected chi connectivity index (χ3v) is 6.24. The molecule has 2 fully saturated rings. The maximum absolute atomic E-state index is 12.5. The number of nitrogens with two attached hydrogens (primary N) is 1. The number of amidine groups is 1. The lowest BCUT2D eigenvalue weighted by Crippen LogP contribution is -2.49. The van der Waals surface area contributed by atoms with Crippen LogP contribution in [0, 0.1) is 5.41 Å². The van der Waals surface area contributed by atoms with Gasteiger partial charge in [0.2, 0.25) is 0 Å². The third kappa shape index (κ3) is 6.49. The number of hydrogen-bond donors (Lipinski definition) is 3. The van der Waals surface area contributed by atoms with Gasteiger partial charge in [-0.1, -0.05) is 30.3 Å². The van der Waals surface area contributed by atoms with Crippen LogP contribution in [-0.4, -0.2) is 84.7 Å². The number of benzene rings is 2. The number of nitrogen functional groups attached to an aromatic ring is 1. The first-order valence-corrected chi connectivity index (χ1v) is 11.7. The number of phenolic OH excluding ortho intramolecular Hbond substituents is 1. The zero-order valence-electron chi connectivity index (χ0n) is 19.6. The van der Waals surface area contributed by atoms with Crippen LogP contribution in [0.15, 0.2) is 48.5 Å². The minimum Gasteiger partial charge on any atom is -0.508 e. The van der Waals surface area contributed by atoms with Crippen molar-refractivity contribution < 1.29 is 24.2 Å². The number of carbonyl (C=O) groups excluding carboxylic acids is 2. The van der Waals surface area contributed by atoms with E-state index in [1.165, 1.54) is 17.0 Å². The van der Waals surface area contributed by atoms with E-state index in [4.69, 9.17) is 20.6 Å². The van der Waals surface area contributed by atoms with Crippen molar-refractivity contribution in [3.63, 3.8) is 0 Å². The number of esters is 1. The maximum atomic E-state index is 12.5. The van der Waals surface area contributed by atoms with Crippen LogP contribution in [0.2, 0.25) is 0 Å². The fourth-order valence-corrected chi connectivity index (χ4v) is 4.33. The number of amides is 1. The Morgan fingerprint density at radius 1 is 1.11 bits per heavy atom. The lowest BCUT2D eigenvalue weighted by atomic mass is 10.1. The van der Waals surface area contributed by atoms with Gasteiger partial charge in [0.05, 0.1) is 18.7 Å². The Balaban J connectivity index is 1.19. The lowest BCUT2D eigenvalue weighted by molar-refractivity contribution is -0.145. The molecule has 4 rings (SSSR count). The molecule has 1 atom stereocenters. The minimum atomic E-state index is -0.490. The summed E-state index contributed by atoms with van der Waals surface area (Å²) < 4.78 is 10.9. The average Bonchev–Trinajstić information content (AvgIpc) is 3.22. The number of piperazine rings is 1. The van der Waals surface area contributed by atoms with Gasteiger partial charge in [-0.05, 0) is 23.8 Å². The summed E-state index contributed by atoms with van der Waals surface area (Å²) in [6.07, 6.45) is -0.445. The number of ether oxygens (including phenoxy) is 2. The topological polar surface area (TPSA) is 132 Å². The van der Waals surface area contributed by atoms with Crippen LogP contribution in [0.1, 0.15) is 17.5 Å². The van der Waals surface area contributed by atoms with Crippen molar-refractivity contribution >= 4 is 23.6 Å². The third-order valence-electron chi connectivity index (χ3n) is 6.24. The van der Waals surface area contributed by atoms with Crippen LogP contribution >= 0.6 is 0 Å². The van der Waals surface area contributed by atoms with Crippen LogP contribution in [0.4, 0.5) is 10.5 Å². The molecule has 0 aromatic heterocycles. The summed E-state index contributed by atoms with van der Waals surface area (Å²) in [7, 11) is 0. The highest BCUT2D eigenvalue weighted by Crippen LogP contribution is 2.28. The molecule has 0 saturated carbocycles. The molecular formula is C25H31N5O5. The van der Waals surface area contributed by atoms with Gasteiger partial charge in [0.15, 0.2) is 0 Å². The van der Waals surface area contributed by atoms with Crippen LogP contribution < -0.4 is 10.6 Å².